The molecular weight excluding hydrogens is 228 g/mol. The summed E-state index contributed by atoms with van der Waals surface area (Å²) in [6.07, 6.45) is 0.597. The fourth-order valence-corrected chi connectivity index (χ4v) is 1.38. The summed E-state index contributed by atoms with van der Waals surface area (Å²) >= 11 is 5.13. The summed E-state index contributed by atoms with van der Waals surface area (Å²) in [5, 5.41) is -0.627. The van der Waals surface area contributed by atoms with Crippen LogP contribution in [0.25, 0.3) is 0 Å². The molecule has 0 amide bonds. The first-order chi connectivity index (χ1) is 6.57. The highest BCUT2D eigenvalue weighted by molar-refractivity contribution is 7.88. The number of rotatable bonds is 4. The molecule has 0 fully saturated rings. The van der Waals surface area contributed by atoms with Crippen molar-refractivity contribution in [2.75, 3.05) is 5.21 Å². The molecule has 14 heavy (non-hydrogen) atoms. The molecule has 0 aliphatic carbocycles. The third kappa shape index (κ3) is 3.01. The van der Waals surface area contributed by atoms with Gasteiger partial charge in [0.2, 0.25) is 0 Å². The Kier molecular flexibility index (Phi) is 3.49. The van der Waals surface area contributed by atoms with Gasteiger partial charge in [-0.25, -0.2) is 0 Å². The molecule has 1 aromatic rings. The fraction of sp³-hybridized carbons (Fsp3) is 0.125. The summed E-state index contributed by atoms with van der Waals surface area (Å²) in [6, 6.07) is 5.80. The fourth-order valence-electron chi connectivity index (χ4n) is 0.809. The maximum absolute atomic E-state index is 10.9. The first kappa shape index (κ1) is 11.0. The summed E-state index contributed by atoms with van der Waals surface area (Å²) in [7, 11) is -3.75. The van der Waals surface area contributed by atoms with Crippen molar-refractivity contribution in [1.29, 1.82) is 0 Å². The molecule has 0 unspecified atom stereocenters. The van der Waals surface area contributed by atoms with Gasteiger partial charge in [0, 0.05) is 5.56 Å². The Bertz CT molecular complexity index is 427. The second-order valence-corrected chi connectivity index (χ2v) is 4.60. The summed E-state index contributed by atoms with van der Waals surface area (Å²) in [6.45, 7) is 0. The first-order valence-electron chi connectivity index (χ1n) is 3.61. The maximum atomic E-state index is 10.9. The quantitative estimate of drug-likeness (QED) is 0.449. The monoisotopic (exact) mass is 234 g/mol. The third-order valence-electron chi connectivity index (χ3n) is 1.35. The van der Waals surface area contributed by atoms with Gasteiger partial charge in [0.25, 0.3) is 0 Å². The molecule has 0 N–H and O–H groups in total. The van der Waals surface area contributed by atoms with E-state index in [1.54, 1.807) is 0 Å². The van der Waals surface area contributed by atoms with Gasteiger partial charge in [-0.1, -0.05) is 12.1 Å². The number of aldehydes is 1. The van der Waals surface area contributed by atoms with Crippen molar-refractivity contribution in [2.24, 2.45) is 0 Å². The van der Waals surface area contributed by atoms with Crippen LogP contribution in [0.5, 0.6) is 5.75 Å². The van der Waals surface area contributed by atoms with Gasteiger partial charge in [0.15, 0.2) is 5.21 Å². The highest BCUT2D eigenvalue weighted by Crippen LogP contribution is 2.14. The van der Waals surface area contributed by atoms with E-state index in [1.807, 2.05) is 0 Å². The Labute approximate surface area is 86.6 Å². The van der Waals surface area contributed by atoms with Gasteiger partial charge < -0.3 is 4.18 Å². The van der Waals surface area contributed by atoms with Crippen LogP contribution in [-0.4, -0.2) is 19.9 Å². The van der Waals surface area contributed by atoms with Crippen molar-refractivity contribution in [1.82, 2.24) is 0 Å². The number of hydrogen-bond acceptors (Lipinski definition) is 4. The minimum absolute atomic E-state index is 0.0789. The highest BCUT2D eigenvalue weighted by atomic mass is 35.5. The minimum atomic E-state index is -3.75. The van der Waals surface area contributed by atoms with E-state index in [1.165, 1.54) is 24.3 Å². The lowest BCUT2D eigenvalue weighted by Gasteiger charge is -2.03. The number of halogens is 1. The van der Waals surface area contributed by atoms with E-state index >= 15 is 0 Å². The summed E-state index contributed by atoms with van der Waals surface area (Å²) in [5.74, 6) is 0.0789. The van der Waals surface area contributed by atoms with E-state index in [0.717, 1.165) is 0 Å². The SMILES string of the molecule is O=Cc1cccc(OS(=O)(=O)CCl)c1. The topological polar surface area (TPSA) is 60.4 Å². The predicted octanol–water partition coefficient (Wildman–Crippen LogP) is 1.40. The lowest BCUT2D eigenvalue weighted by atomic mass is 10.2. The molecule has 0 bridgehead atoms. The van der Waals surface area contributed by atoms with Gasteiger partial charge in [-0.3, -0.25) is 4.79 Å². The minimum Gasteiger partial charge on any atom is -0.382 e. The van der Waals surface area contributed by atoms with Gasteiger partial charge in [0.05, 0.1) is 0 Å². The van der Waals surface area contributed by atoms with E-state index in [9.17, 15) is 13.2 Å². The van der Waals surface area contributed by atoms with Crippen LogP contribution < -0.4 is 4.18 Å². The largest absolute Gasteiger partial charge is 0.382 e. The summed E-state index contributed by atoms with van der Waals surface area (Å²) in [4.78, 5) is 10.4. The smallest absolute Gasteiger partial charge is 0.323 e. The molecule has 0 atom stereocenters. The van der Waals surface area contributed by atoms with Crippen LogP contribution in [0.15, 0.2) is 24.3 Å². The molecule has 1 aromatic carbocycles. The predicted molar refractivity (Wildman–Crippen MR) is 52.1 cm³/mol. The van der Waals surface area contributed by atoms with E-state index < -0.39 is 15.3 Å². The zero-order valence-corrected chi connectivity index (χ0v) is 8.59. The zero-order valence-electron chi connectivity index (χ0n) is 7.01. The van der Waals surface area contributed by atoms with E-state index in [2.05, 4.69) is 4.18 Å². The molecule has 0 spiro atoms. The lowest BCUT2D eigenvalue weighted by Crippen LogP contribution is -2.10. The van der Waals surface area contributed by atoms with Crippen molar-refractivity contribution in [2.45, 2.75) is 0 Å². The van der Waals surface area contributed by atoms with Gasteiger partial charge in [-0.2, -0.15) is 8.42 Å². The normalized spacial score (nSPS) is 10.9. The van der Waals surface area contributed by atoms with Gasteiger partial charge in [-0.05, 0) is 12.1 Å². The van der Waals surface area contributed by atoms with Crippen LogP contribution in [0, 0.1) is 0 Å². The standard InChI is InChI=1S/C8H7ClO4S/c9-6-14(11,12)13-8-3-1-2-7(4-8)5-10/h1-5H,6H2. The molecule has 76 valence electrons. The second-order valence-electron chi connectivity index (χ2n) is 2.44. The molecule has 0 radical (unpaired) electrons. The van der Waals surface area contributed by atoms with Crippen molar-refractivity contribution < 1.29 is 17.4 Å². The third-order valence-corrected chi connectivity index (χ3v) is 2.87. The van der Waals surface area contributed by atoms with Gasteiger partial charge in [-0.15, -0.1) is 11.6 Å². The zero-order chi connectivity index (χ0) is 10.6. The van der Waals surface area contributed by atoms with Crippen molar-refractivity contribution >= 4 is 28.0 Å². The maximum Gasteiger partial charge on any atom is 0.323 e. The molecule has 0 saturated carbocycles. The van der Waals surface area contributed by atoms with Crippen molar-refractivity contribution in [3.63, 3.8) is 0 Å². The van der Waals surface area contributed by atoms with Crippen molar-refractivity contribution in [3.8, 4) is 5.75 Å². The Hall–Kier alpha value is -1.07. The molecule has 0 aromatic heterocycles. The van der Waals surface area contributed by atoms with Gasteiger partial charge >= 0.3 is 10.1 Å². The van der Waals surface area contributed by atoms with Crippen LogP contribution in [0.2, 0.25) is 0 Å². The molecular formula is C8H7ClO4S. The Morgan fingerprint density at radius 1 is 1.43 bits per heavy atom. The van der Waals surface area contributed by atoms with Crippen molar-refractivity contribution in [3.05, 3.63) is 29.8 Å². The Morgan fingerprint density at radius 3 is 2.71 bits per heavy atom. The van der Waals surface area contributed by atoms with Crippen LogP contribution >= 0.6 is 11.6 Å². The Balaban J connectivity index is 2.92. The van der Waals surface area contributed by atoms with Crippen LogP contribution in [0.4, 0.5) is 0 Å². The number of alkyl halides is 1. The highest BCUT2D eigenvalue weighted by Gasteiger charge is 2.10. The second kappa shape index (κ2) is 4.43. The summed E-state index contributed by atoms with van der Waals surface area (Å²) in [5.41, 5.74) is 0.340. The molecule has 0 aliphatic heterocycles. The lowest BCUT2D eigenvalue weighted by molar-refractivity contribution is 0.112. The number of benzene rings is 1. The molecule has 0 saturated heterocycles. The molecule has 0 heterocycles. The van der Waals surface area contributed by atoms with Crippen LogP contribution in [0.1, 0.15) is 10.4 Å². The van der Waals surface area contributed by atoms with E-state index in [4.69, 9.17) is 11.6 Å². The molecule has 4 nitrogen and oxygen atoms in total. The van der Waals surface area contributed by atoms with E-state index in [-0.39, 0.29) is 5.75 Å². The first-order valence-corrected chi connectivity index (χ1v) is 5.72. The average Bonchev–Trinajstić information content (AvgIpc) is 2.17. The van der Waals surface area contributed by atoms with E-state index in [0.29, 0.717) is 11.8 Å². The number of hydrogen-bond donors (Lipinski definition) is 0. The van der Waals surface area contributed by atoms with Gasteiger partial charge in [0.1, 0.15) is 12.0 Å². The number of carbonyl (C=O) groups is 1. The van der Waals surface area contributed by atoms with Crippen LogP contribution in [-0.2, 0) is 10.1 Å². The molecule has 1 rings (SSSR count). The summed E-state index contributed by atoms with van der Waals surface area (Å²) < 4.78 is 26.4. The molecule has 6 heteroatoms. The van der Waals surface area contributed by atoms with Crippen LogP contribution in [0.3, 0.4) is 0 Å². The molecule has 0 aliphatic rings. The number of carbonyl (C=O) groups excluding carboxylic acids is 1. The average molecular weight is 235 g/mol. The Morgan fingerprint density at radius 2 is 2.14 bits per heavy atom.